The minimum absolute atomic E-state index is 0.235. The first kappa shape index (κ1) is 20.6. The van der Waals surface area contributed by atoms with Crippen molar-refractivity contribution in [3.8, 4) is 11.5 Å². The molecule has 0 aliphatic heterocycles. The maximum Gasteiger partial charge on any atom is 0.275 e. The van der Waals surface area contributed by atoms with Crippen LogP contribution < -0.4 is 15.6 Å². The van der Waals surface area contributed by atoms with Crippen LogP contribution in [0, 0.1) is 13.8 Å². The molecule has 7 heteroatoms. The number of rotatable bonds is 5. The van der Waals surface area contributed by atoms with Crippen LogP contribution in [0.2, 0.25) is 5.02 Å². The van der Waals surface area contributed by atoms with Gasteiger partial charge in [0, 0.05) is 10.4 Å². The van der Waals surface area contributed by atoms with Crippen LogP contribution >= 0.6 is 11.6 Å². The summed E-state index contributed by atoms with van der Waals surface area (Å²) < 4.78 is 7.08. The summed E-state index contributed by atoms with van der Waals surface area (Å²) in [6.07, 6.45) is 0. The quantitative estimate of drug-likeness (QED) is 0.475. The summed E-state index contributed by atoms with van der Waals surface area (Å²) in [5.41, 5.74) is 1.87. The summed E-state index contributed by atoms with van der Waals surface area (Å²) in [7, 11) is 0. The van der Waals surface area contributed by atoms with Crippen molar-refractivity contribution in [1.29, 1.82) is 0 Å². The van der Waals surface area contributed by atoms with Gasteiger partial charge in [0.05, 0.1) is 16.8 Å². The van der Waals surface area contributed by atoms with E-state index in [0.29, 0.717) is 33.3 Å². The third kappa shape index (κ3) is 4.59. The fourth-order valence-electron chi connectivity index (χ4n) is 3.26. The molecular weight excluding hydrogens is 414 g/mol. The number of hydrogen-bond acceptors (Lipinski definition) is 4. The number of carbonyl (C=O) groups excluding carboxylic acids is 1. The average Bonchev–Trinajstić information content (AvgIpc) is 2.75. The van der Waals surface area contributed by atoms with Gasteiger partial charge < -0.3 is 10.1 Å². The number of amides is 1. The van der Waals surface area contributed by atoms with E-state index in [9.17, 15) is 9.59 Å². The van der Waals surface area contributed by atoms with Crippen LogP contribution in [0.5, 0.6) is 11.5 Å². The normalized spacial score (nSPS) is 10.8. The molecule has 6 nitrogen and oxygen atoms in total. The predicted octanol–water partition coefficient (Wildman–Crippen LogP) is 5.10. The largest absolute Gasteiger partial charge is 0.455 e. The Hall–Kier alpha value is -3.64. The first-order chi connectivity index (χ1) is 14.9. The molecule has 1 heterocycles. The molecule has 1 aromatic heterocycles. The fraction of sp³-hybridized carbons (Fsp3) is 0.125. The summed E-state index contributed by atoms with van der Waals surface area (Å²) in [5, 5.41) is 8.80. The van der Waals surface area contributed by atoms with E-state index in [1.165, 1.54) is 0 Å². The zero-order valence-corrected chi connectivity index (χ0v) is 17.8. The van der Waals surface area contributed by atoms with E-state index in [1.54, 1.807) is 37.3 Å². The predicted molar refractivity (Wildman–Crippen MR) is 122 cm³/mol. The van der Waals surface area contributed by atoms with E-state index in [2.05, 4.69) is 10.4 Å². The molecule has 1 amide bonds. The van der Waals surface area contributed by atoms with Gasteiger partial charge in [0.2, 0.25) is 5.91 Å². The van der Waals surface area contributed by atoms with Crippen molar-refractivity contribution in [2.45, 2.75) is 20.4 Å². The van der Waals surface area contributed by atoms with E-state index in [1.807, 2.05) is 43.3 Å². The van der Waals surface area contributed by atoms with Crippen LogP contribution in [-0.4, -0.2) is 15.7 Å². The molecular formula is C24H20ClN3O3. The monoisotopic (exact) mass is 433 g/mol. The molecule has 156 valence electrons. The van der Waals surface area contributed by atoms with Gasteiger partial charge in [-0.3, -0.25) is 9.59 Å². The number of aromatic nitrogens is 2. The molecule has 4 aromatic rings. The number of nitrogens with zero attached hydrogens (tertiary/aromatic N) is 2. The first-order valence-corrected chi connectivity index (χ1v) is 10.1. The lowest BCUT2D eigenvalue weighted by atomic mass is 10.1. The van der Waals surface area contributed by atoms with E-state index in [-0.39, 0.29) is 12.1 Å². The smallest absolute Gasteiger partial charge is 0.275 e. The second kappa shape index (κ2) is 8.62. The topological polar surface area (TPSA) is 73.2 Å². The van der Waals surface area contributed by atoms with Crippen molar-refractivity contribution in [3.63, 3.8) is 0 Å². The lowest BCUT2D eigenvalue weighted by molar-refractivity contribution is -0.117. The molecule has 3 aromatic carbocycles. The molecule has 0 saturated carbocycles. The van der Waals surface area contributed by atoms with Gasteiger partial charge >= 0.3 is 0 Å². The number of benzene rings is 3. The van der Waals surface area contributed by atoms with Gasteiger partial charge in [0.25, 0.3) is 5.56 Å². The number of carbonyl (C=O) groups is 1. The SMILES string of the molecule is Cc1ccc(Oc2ccc(Cl)cc2NC(=O)Cn2nc(C)c3ccccc3c2=O)cc1. The van der Waals surface area contributed by atoms with Gasteiger partial charge in [-0.2, -0.15) is 5.10 Å². The number of fused-ring (bicyclic) bond motifs is 1. The Kier molecular flexibility index (Phi) is 5.73. The number of anilines is 1. The molecule has 31 heavy (non-hydrogen) atoms. The minimum Gasteiger partial charge on any atom is -0.455 e. The van der Waals surface area contributed by atoms with Crippen molar-refractivity contribution in [2.75, 3.05) is 5.32 Å². The maximum absolute atomic E-state index is 12.7. The number of ether oxygens (including phenoxy) is 1. The third-order valence-corrected chi connectivity index (χ3v) is 5.05. The zero-order valence-electron chi connectivity index (χ0n) is 17.1. The molecule has 0 spiro atoms. The number of hydrogen-bond donors (Lipinski definition) is 1. The van der Waals surface area contributed by atoms with Crippen LogP contribution in [0.1, 0.15) is 11.3 Å². The van der Waals surface area contributed by atoms with Crippen molar-refractivity contribution in [3.05, 3.63) is 93.4 Å². The van der Waals surface area contributed by atoms with Gasteiger partial charge in [0.15, 0.2) is 5.75 Å². The highest BCUT2D eigenvalue weighted by Crippen LogP contribution is 2.32. The Bertz CT molecular complexity index is 1330. The Balaban J connectivity index is 1.58. The van der Waals surface area contributed by atoms with Crippen LogP contribution in [0.4, 0.5) is 5.69 Å². The first-order valence-electron chi connectivity index (χ1n) is 9.71. The number of aryl methyl sites for hydroxylation is 2. The lowest BCUT2D eigenvalue weighted by Gasteiger charge is -2.14. The van der Waals surface area contributed by atoms with Crippen LogP contribution in [0.3, 0.4) is 0 Å². The molecule has 0 saturated heterocycles. The Morgan fingerprint density at radius 1 is 1.03 bits per heavy atom. The standard InChI is InChI=1S/C24H20ClN3O3/c1-15-7-10-18(11-8-15)31-22-12-9-17(25)13-21(22)26-23(29)14-28-24(30)20-6-4-3-5-19(20)16(2)27-28/h3-13H,14H2,1-2H3,(H,26,29). The molecule has 0 aliphatic rings. The van der Waals surface area contributed by atoms with E-state index in [4.69, 9.17) is 16.3 Å². The van der Waals surface area contributed by atoms with E-state index >= 15 is 0 Å². The van der Waals surface area contributed by atoms with Crippen LogP contribution in [0.25, 0.3) is 10.8 Å². The summed E-state index contributed by atoms with van der Waals surface area (Å²) in [4.78, 5) is 25.5. The Morgan fingerprint density at radius 3 is 2.48 bits per heavy atom. The van der Waals surface area contributed by atoms with Crippen molar-refractivity contribution < 1.29 is 9.53 Å². The Morgan fingerprint density at radius 2 is 1.74 bits per heavy atom. The number of nitrogens with one attached hydrogen (secondary N) is 1. The van der Waals surface area contributed by atoms with E-state index < -0.39 is 5.91 Å². The molecule has 0 radical (unpaired) electrons. The summed E-state index contributed by atoms with van der Waals surface area (Å²) in [6, 6.07) is 19.7. The van der Waals surface area contributed by atoms with Crippen molar-refractivity contribution >= 4 is 34.0 Å². The third-order valence-electron chi connectivity index (χ3n) is 4.81. The van der Waals surface area contributed by atoms with Gasteiger partial charge in [-0.05, 0) is 50.2 Å². The highest BCUT2D eigenvalue weighted by Gasteiger charge is 2.14. The molecule has 0 fully saturated rings. The van der Waals surface area contributed by atoms with Crippen molar-refractivity contribution in [2.24, 2.45) is 0 Å². The van der Waals surface area contributed by atoms with Gasteiger partial charge in [-0.1, -0.05) is 47.5 Å². The average molecular weight is 434 g/mol. The molecule has 0 aliphatic carbocycles. The molecule has 0 atom stereocenters. The molecule has 1 N–H and O–H groups in total. The molecule has 0 unspecified atom stereocenters. The van der Waals surface area contributed by atoms with Crippen molar-refractivity contribution in [1.82, 2.24) is 9.78 Å². The Labute approximate surface area is 184 Å². The van der Waals surface area contributed by atoms with Crippen LogP contribution in [0.15, 0.2) is 71.5 Å². The van der Waals surface area contributed by atoms with Gasteiger partial charge in [0.1, 0.15) is 12.3 Å². The summed E-state index contributed by atoms with van der Waals surface area (Å²) in [5.74, 6) is 0.656. The molecule has 4 rings (SSSR count). The summed E-state index contributed by atoms with van der Waals surface area (Å²) >= 11 is 6.12. The zero-order chi connectivity index (χ0) is 22.0. The minimum atomic E-state index is -0.416. The highest BCUT2D eigenvalue weighted by molar-refractivity contribution is 6.31. The molecule has 0 bridgehead atoms. The lowest BCUT2D eigenvalue weighted by Crippen LogP contribution is -2.30. The van der Waals surface area contributed by atoms with Gasteiger partial charge in [-0.25, -0.2) is 4.68 Å². The maximum atomic E-state index is 12.7. The fourth-order valence-corrected chi connectivity index (χ4v) is 3.43. The summed E-state index contributed by atoms with van der Waals surface area (Å²) in [6.45, 7) is 3.56. The van der Waals surface area contributed by atoms with Crippen LogP contribution in [-0.2, 0) is 11.3 Å². The van der Waals surface area contributed by atoms with E-state index in [0.717, 1.165) is 15.6 Å². The second-order valence-electron chi connectivity index (χ2n) is 7.20. The highest BCUT2D eigenvalue weighted by atomic mass is 35.5. The van der Waals surface area contributed by atoms with Gasteiger partial charge in [-0.15, -0.1) is 0 Å². The second-order valence-corrected chi connectivity index (χ2v) is 7.63. The number of halogens is 1.